The number of methoxy groups -OCH3 is 1. The highest BCUT2D eigenvalue weighted by atomic mass is 16.5. The van der Waals surface area contributed by atoms with Gasteiger partial charge in [-0.3, -0.25) is 0 Å². The van der Waals surface area contributed by atoms with Gasteiger partial charge >= 0.3 is 5.97 Å². The Hall–Kier alpha value is -3.83. The molecule has 2 N–H and O–H groups in total. The van der Waals surface area contributed by atoms with Crippen molar-refractivity contribution >= 4 is 16.7 Å². The van der Waals surface area contributed by atoms with Crippen molar-refractivity contribution in [2.24, 2.45) is 0 Å². The van der Waals surface area contributed by atoms with Crippen molar-refractivity contribution < 1.29 is 19.4 Å². The third-order valence-electron chi connectivity index (χ3n) is 6.44. The van der Waals surface area contributed by atoms with Gasteiger partial charge in [0.2, 0.25) is 0 Å². The van der Waals surface area contributed by atoms with E-state index in [0.29, 0.717) is 18.9 Å². The fraction of sp³-hybridized carbons (Fsp3) is 0.233. The summed E-state index contributed by atoms with van der Waals surface area (Å²) < 4.78 is 11.5. The quantitative estimate of drug-likeness (QED) is 0.272. The van der Waals surface area contributed by atoms with Crippen LogP contribution < -0.4 is 14.8 Å². The maximum absolute atomic E-state index is 11.8. The van der Waals surface area contributed by atoms with Gasteiger partial charge in [-0.05, 0) is 83.6 Å². The molecule has 180 valence electrons. The molecule has 0 saturated heterocycles. The first kappa shape index (κ1) is 24.3. The summed E-state index contributed by atoms with van der Waals surface area (Å²) in [4.78, 5) is 11.8. The van der Waals surface area contributed by atoms with E-state index in [1.807, 2.05) is 38.1 Å². The molecule has 4 rings (SSSR count). The van der Waals surface area contributed by atoms with Gasteiger partial charge in [0.15, 0.2) is 0 Å². The van der Waals surface area contributed by atoms with Crippen LogP contribution in [0.4, 0.5) is 0 Å². The number of nitrogens with one attached hydrogen (secondary N) is 1. The number of rotatable bonds is 9. The molecule has 4 aromatic rings. The highest BCUT2D eigenvalue weighted by molar-refractivity contribution is 5.90. The number of fused-ring (bicyclic) bond motifs is 1. The molecule has 0 aromatic heterocycles. The summed E-state index contributed by atoms with van der Waals surface area (Å²) in [5.74, 6) is 0.307. The number of carboxylic acid groups (broad SMARTS) is 1. The molecular weight excluding hydrogens is 438 g/mol. The zero-order valence-corrected chi connectivity index (χ0v) is 20.6. The molecule has 0 amide bonds. The number of ether oxygens (including phenoxy) is 2. The number of aromatic carboxylic acids is 1. The summed E-state index contributed by atoms with van der Waals surface area (Å²) >= 11 is 0. The molecule has 0 aliphatic carbocycles. The Morgan fingerprint density at radius 3 is 2.49 bits per heavy atom. The van der Waals surface area contributed by atoms with Crippen molar-refractivity contribution in [2.45, 2.75) is 26.8 Å². The first-order chi connectivity index (χ1) is 16.9. The van der Waals surface area contributed by atoms with Gasteiger partial charge < -0.3 is 19.9 Å². The van der Waals surface area contributed by atoms with Crippen molar-refractivity contribution in [1.29, 1.82) is 0 Å². The van der Waals surface area contributed by atoms with E-state index < -0.39 is 5.97 Å². The standard InChI is InChI=1S/C30H31NO4/c1-19-14-23(18-29(34-4)20(19)2)24-15-25(30(32)33)17-26(16-24)35-13-12-31-21(3)27-11-7-9-22-8-5-6-10-28(22)27/h5-11,14-18,21,31H,12-13H2,1-4H3,(H,32,33)/t21-/m1/s1. The smallest absolute Gasteiger partial charge is 0.335 e. The van der Waals surface area contributed by atoms with E-state index in [9.17, 15) is 9.90 Å². The first-order valence-electron chi connectivity index (χ1n) is 11.7. The molecule has 4 aromatic carbocycles. The summed E-state index contributed by atoms with van der Waals surface area (Å²) in [7, 11) is 1.64. The Kier molecular flexibility index (Phi) is 7.37. The minimum atomic E-state index is -0.991. The second-order valence-electron chi connectivity index (χ2n) is 8.76. The number of hydrogen-bond acceptors (Lipinski definition) is 4. The van der Waals surface area contributed by atoms with E-state index in [0.717, 1.165) is 28.0 Å². The van der Waals surface area contributed by atoms with Crippen LogP contribution in [0.1, 0.15) is 40.0 Å². The summed E-state index contributed by atoms with van der Waals surface area (Å²) in [5, 5.41) is 15.6. The van der Waals surface area contributed by atoms with Gasteiger partial charge in [0.25, 0.3) is 0 Å². The van der Waals surface area contributed by atoms with E-state index in [-0.39, 0.29) is 11.6 Å². The number of aryl methyl sites for hydroxylation is 1. The van der Waals surface area contributed by atoms with Crippen LogP contribution in [0.15, 0.2) is 72.8 Å². The number of carboxylic acids is 1. The SMILES string of the molecule is COc1cc(-c2cc(OCCN[C@H](C)c3cccc4ccccc34)cc(C(=O)O)c2)cc(C)c1C. The van der Waals surface area contributed by atoms with E-state index in [1.54, 1.807) is 19.2 Å². The molecule has 0 spiro atoms. The average molecular weight is 470 g/mol. The maximum Gasteiger partial charge on any atom is 0.335 e. The Bertz CT molecular complexity index is 1360. The molecule has 1 atom stereocenters. The van der Waals surface area contributed by atoms with E-state index in [1.165, 1.54) is 16.3 Å². The van der Waals surface area contributed by atoms with Crippen molar-refractivity contribution in [3.8, 4) is 22.6 Å². The van der Waals surface area contributed by atoms with Gasteiger partial charge in [-0.2, -0.15) is 0 Å². The minimum Gasteiger partial charge on any atom is -0.496 e. The molecule has 0 unspecified atom stereocenters. The Morgan fingerprint density at radius 2 is 1.71 bits per heavy atom. The normalized spacial score (nSPS) is 11.9. The molecule has 0 saturated carbocycles. The lowest BCUT2D eigenvalue weighted by molar-refractivity contribution is 0.0696. The van der Waals surface area contributed by atoms with Crippen LogP contribution in [-0.4, -0.2) is 31.3 Å². The molecule has 0 heterocycles. The lowest BCUT2D eigenvalue weighted by Crippen LogP contribution is -2.24. The summed E-state index contributed by atoms with van der Waals surface area (Å²) in [6, 6.07) is 23.9. The lowest BCUT2D eigenvalue weighted by atomic mass is 9.98. The highest BCUT2D eigenvalue weighted by Crippen LogP contribution is 2.32. The number of hydrogen-bond donors (Lipinski definition) is 2. The molecule has 0 bridgehead atoms. The Balaban J connectivity index is 1.48. The fourth-order valence-electron chi connectivity index (χ4n) is 4.36. The van der Waals surface area contributed by atoms with Gasteiger partial charge in [-0.1, -0.05) is 48.5 Å². The van der Waals surface area contributed by atoms with Crippen LogP contribution in [0.25, 0.3) is 21.9 Å². The summed E-state index contributed by atoms with van der Waals surface area (Å²) in [5.41, 5.74) is 5.23. The van der Waals surface area contributed by atoms with E-state index in [4.69, 9.17) is 9.47 Å². The van der Waals surface area contributed by atoms with Gasteiger partial charge in [-0.15, -0.1) is 0 Å². The van der Waals surface area contributed by atoms with Crippen LogP contribution in [0.5, 0.6) is 11.5 Å². The fourth-order valence-corrected chi connectivity index (χ4v) is 4.36. The van der Waals surface area contributed by atoms with Crippen molar-refractivity contribution in [3.63, 3.8) is 0 Å². The van der Waals surface area contributed by atoms with Gasteiger partial charge in [0, 0.05) is 12.6 Å². The topological polar surface area (TPSA) is 67.8 Å². The molecule has 0 aliphatic heterocycles. The maximum atomic E-state index is 11.8. The van der Waals surface area contributed by atoms with Gasteiger partial charge in [-0.25, -0.2) is 4.79 Å². The van der Waals surface area contributed by atoms with Crippen LogP contribution in [0.3, 0.4) is 0 Å². The molecule has 0 fully saturated rings. The second kappa shape index (κ2) is 10.6. The third kappa shape index (κ3) is 5.47. The summed E-state index contributed by atoms with van der Waals surface area (Å²) in [6.07, 6.45) is 0. The Morgan fingerprint density at radius 1 is 0.971 bits per heavy atom. The van der Waals surface area contributed by atoms with Gasteiger partial charge in [0.05, 0.1) is 12.7 Å². The molecular formula is C30H31NO4. The van der Waals surface area contributed by atoms with E-state index >= 15 is 0 Å². The third-order valence-corrected chi connectivity index (χ3v) is 6.44. The van der Waals surface area contributed by atoms with Crippen LogP contribution in [-0.2, 0) is 0 Å². The number of benzene rings is 4. The first-order valence-corrected chi connectivity index (χ1v) is 11.7. The zero-order chi connectivity index (χ0) is 24.9. The second-order valence-corrected chi connectivity index (χ2v) is 8.76. The highest BCUT2D eigenvalue weighted by Gasteiger charge is 2.13. The van der Waals surface area contributed by atoms with Crippen molar-refractivity contribution in [1.82, 2.24) is 5.32 Å². The summed E-state index contributed by atoms with van der Waals surface area (Å²) in [6.45, 7) is 7.19. The average Bonchev–Trinajstić information content (AvgIpc) is 2.87. The van der Waals surface area contributed by atoms with E-state index in [2.05, 4.69) is 48.6 Å². The van der Waals surface area contributed by atoms with Crippen LogP contribution in [0.2, 0.25) is 0 Å². The predicted octanol–water partition coefficient (Wildman–Crippen LogP) is 6.56. The van der Waals surface area contributed by atoms with Crippen molar-refractivity contribution in [2.75, 3.05) is 20.3 Å². The Labute approximate surface area is 206 Å². The lowest BCUT2D eigenvalue weighted by Gasteiger charge is -2.17. The number of carbonyl (C=O) groups is 1. The van der Waals surface area contributed by atoms with Crippen LogP contribution in [0, 0.1) is 13.8 Å². The zero-order valence-electron chi connectivity index (χ0n) is 20.6. The van der Waals surface area contributed by atoms with Crippen LogP contribution >= 0.6 is 0 Å². The molecule has 5 nitrogen and oxygen atoms in total. The van der Waals surface area contributed by atoms with Gasteiger partial charge in [0.1, 0.15) is 18.1 Å². The molecule has 5 heteroatoms. The molecule has 0 radical (unpaired) electrons. The van der Waals surface area contributed by atoms with Crippen molar-refractivity contribution in [3.05, 3.63) is 95.1 Å². The monoisotopic (exact) mass is 469 g/mol. The predicted molar refractivity (Wildman–Crippen MR) is 141 cm³/mol. The molecule has 35 heavy (non-hydrogen) atoms. The minimum absolute atomic E-state index is 0.147. The molecule has 0 aliphatic rings. The largest absolute Gasteiger partial charge is 0.496 e.